The van der Waals surface area contributed by atoms with E-state index in [2.05, 4.69) is 6.58 Å². The van der Waals surface area contributed by atoms with Gasteiger partial charge in [0.15, 0.2) is 0 Å². The summed E-state index contributed by atoms with van der Waals surface area (Å²) in [7, 11) is 1.60. The van der Waals surface area contributed by atoms with Crippen LogP contribution >= 0.6 is 24.0 Å². The van der Waals surface area contributed by atoms with Crippen molar-refractivity contribution in [2.24, 2.45) is 5.73 Å². The van der Waals surface area contributed by atoms with E-state index in [1.807, 2.05) is 0 Å². The van der Waals surface area contributed by atoms with Gasteiger partial charge >= 0.3 is 0 Å². The smallest absolute Gasteiger partial charge is 0.124 e. The fourth-order valence-electron chi connectivity index (χ4n) is 1.09. The van der Waals surface area contributed by atoms with Crippen molar-refractivity contribution < 1.29 is 4.74 Å². The predicted octanol–water partition coefficient (Wildman–Crippen LogP) is 2.96. The normalized spacial score (nSPS) is 11.4. The molecule has 0 unspecified atom stereocenters. The van der Waals surface area contributed by atoms with Crippen molar-refractivity contribution in [3.05, 3.63) is 41.4 Å². The van der Waals surface area contributed by atoms with Gasteiger partial charge in [-0.15, -0.1) is 19.0 Å². The van der Waals surface area contributed by atoms with Gasteiger partial charge in [0.2, 0.25) is 0 Å². The first-order valence-corrected chi connectivity index (χ1v) is 4.28. The maximum absolute atomic E-state index is 5.83. The maximum atomic E-state index is 5.83. The number of ether oxygens (including phenoxy) is 1. The Morgan fingerprint density at radius 2 is 2.21 bits per heavy atom. The van der Waals surface area contributed by atoms with Crippen molar-refractivity contribution in [3.8, 4) is 5.75 Å². The second-order valence-corrected chi connectivity index (χ2v) is 3.08. The van der Waals surface area contributed by atoms with Crippen molar-refractivity contribution in [2.75, 3.05) is 7.11 Å². The van der Waals surface area contributed by atoms with Crippen molar-refractivity contribution in [2.45, 2.75) is 6.04 Å². The van der Waals surface area contributed by atoms with Crippen LogP contribution < -0.4 is 10.5 Å². The highest BCUT2D eigenvalue weighted by Crippen LogP contribution is 2.27. The summed E-state index contributed by atoms with van der Waals surface area (Å²) < 4.78 is 5.14. The molecule has 0 spiro atoms. The second kappa shape index (κ2) is 5.91. The van der Waals surface area contributed by atoms with Gasteiger partial charge in [-0.3, -0.25) is 0 Å². The summed E-state index contributed by atoms with van der Waals surface area (Å²) in [5, 5.41) is 0.646. The zero-order valence-electron chi connectivity index (χ0n) is 7.87. The summed E-state index contributed by atoms with van der Waals surface area (Å²) in [6, 6.07) is 5.10. The average molecular weight is 234 g/mol. The Hall–Kier alpha value is -0.700. The molecule has 0 aliphatic carbocycles. The fourth-order valence-corrected chi connectivity index (χ4v) is 1.27. The molecule has 0 aliphatic rings. The van der Waals surface area contributed by atoms with E-state index in [1.165, 1.54) is 0 Å². The summed E-state index contributed by atoms with van der Waals surface area (Å²) >= 11 is 5.83. The molecular weight excluding hydrogens is 221 g/mol. The molecule has 1 aromatic rings. The van der Waals surface area contributed by atoms with E-state index in [0.29, 0.717) is 5.02 Å². The molecule has 0 heterocycles. The number of benzene rings is 1. The number of rotatable bonds is 3. The fraction of sp³-hybridized carbons (Fsp3) is 0.200. The lowest BCUT2D eigenvalue weighted by molar-refractivity contribution is 0.408. The van der Waals surface area contributed by atoms with Gasteiger partial charge in [-0.2, -0.15) is 0 Å². The first kappa shape index (κ1) is 13.3. The molecule has 0 aromatic heterocycles. The van der Waals surface area contributed by atoms with Crippen LogP contribution in [0.2, 0.25) is 5.02 Å². The van der Waals surface area contributed by atoms with Gasteiger partial charge in [0.1, 0.15) is 5.75 Å². The monoisotopic (exact) mass is 233 g/mol. The Labute approximate surface area is 95.1 Å². The van der Waals surface area contributed by atoms with Crippen LogP contribution in [0.15, 0.2) is 30.9 Å². The van der Waals surface area contributed by atoms with E-state index in [9.17, 15) is 0 Å². The first-order chi connectivity index (χ1) is 6.19. The Bertz CT molecular complexity index is 315. The first-order valence-electron chi connectivity index (χ1n) is 3.90. The SMILES string of the molecule is C=C[C@H](N)c1cc(Cl)ccc1OC.Cl. The molecule has 1 atom stereocenters. The minimum absolute atomic E-state index is 0. The van der Waals surface area contributed by atoms with E-state index in [1.54, 1.807) is 31.4 Å². The minimum atomic E-state index is -0.242. The molecule has 0 saturated heterocycles. The minimum Gasteiger partial charge on any atom is -0.496 e. The van der Waals surface area contributed by atoms with Gasteiger partial charge in [0.25, 0.3) is 0 Å². The van der Waals surface area contributed by atoms with Crippen LogP contribution in [0, 0.1) is 0 Å². The zero-order valence-corrected chi connectivity index (χ0v) is 9.44. The number of halogens is 2. The topological polar surface area (TPSA) is 35.2 Å². The van der Waals surface area contributed by atoms with Crippen LogP contribution in [0.5, 0.6) is 5.75 Å². The lowest BCUT2D eigenvalue weighted by atomic mass is 10.1. The third-order valence-corrected chi connectivity index (χ3v) is 2.04. The zero-order chi connectivity index (χ0) is 9.84. The molecule has 1 rings (SSSR count). The van der Waals surface area contributed by atoms with Crippen LogP contribution in [0.1, 0.15) is 11.6 Å². The van der Waals surface area contributed by atoms with Crippen LogP contribution in [-0.2, 0) is 0 Å². The molecule has 0 aliphatic heterocycles. The molecule has 2 N–H and O–H groups in total. The van der Waals surface area contributed by atoms with Gasteiger partial charge in [-0.05, 0) is 18.2 Å². The predicted molar refractivity (Wildman–Crippen MR) is 62.4 cm³/mol. The Morgan fingerprint density at radius 3 is 2.71 bits per heavy atom. The average Bonchev–Trinajstić information content (AvgIpc) is 2.16. The Morgan fingerprint density at radius 1 is 1.57 bits per heavy atom. The van der Waals surface area contributed by atoms with Gasteiger partial charge in [0, 0.05) is 10.6 Å². The van der Waals surface area contributed by atoms with E-state index < -0.39 is 0 Å². The lowest BCUT2D eigenvalue weighted by Crippen LogP contribution is -2.08. The maximum Gasteiger partial charge on any atom is 0.124 e. The molecule has 1 aromatic carbocycles. The van der Waals surface area contributed by atoms with Crippen LogP contribution in [0.3, 0.4) is 0 Å². The standard InChI is InChI=1S/C10H12ClNO.ClH/c1-3-9(12)8-6-7(11)4-5-10(8)13-2;/h3-6,9H,1,12H2,2H3;1H/t9-;/m0./s1. The quantitative estimate of drug-likeness (QED) is 0.816. The molecule has 0 radical (unpaired) electrons. The lowest BCUT2D eigenvalue weighted by Gasteiger charge is -2.12. The largest absolute Gasteiger partial charge is 0.496 e. The van der Waals surface area contributed by atoms with Crippen molar-refractivity contribution in [1.29, 1.82) is 0 Å². The van der Waals surface area contributed by atoms with E-state index >= 15 is 0 Å². The molecule has 4 heteroatoms. The third kappa shape index (κ3) is 2.91. The molecule has 78 valence electrons. The number of hydrogen-bond donors (Lipinski definition) is 1. The molecule has 14 heavy (non-hydrogen) atoms. The number of hydrogen-bond acceptors (Lipinski definition) is 2. The summed E-state index contributed by atoms with van der Waals surface area (Å²) in [5.74, 6) is 0.733. The van der Waals surface area contributed by atoms with E-state index in [0.717, 1.165) is 11.3 Å². The summed E-state index contributed by atoms with van der Waals surface area (Å²) in [6.45, 7) is 3.62. The highest BCUT2D eigenvalue weighted by molar-refractivity contribution is 6.30. The molecule has 0 amide bonds. The molecule has 0 fully saturated rings. The van der Waals surface area contributed by atoms with Gasteiger partial charge in [0.05, 0.1) is 13.2 Å². The van der Waals surface area contributed by atoms with Crippen molar-refractivity contribution in [3.63, 3.8) is 0 Å². The van der Waals surface area contributed by atoms with Crippen molar-refractivity contribution in [1.82, 2.24) is 0 Å². The van der Waals surface area contributed by atoms with Gasteiger partial charge in [-0.1, -0.05) is 17.7 Å². The summed E-state index contributed by atoms with van der Waals surface area (Å²) in [5.41, 5.74) is 6.63. The summed E-state index contributed by atoms with van der Waals surface area (Å²) in [6.07, 6.45) is 1.65. The Balaban J connectivity index is 0.00000169. The molecule has 2 nitrogen and oxygen atoms in total. The number of methoxy groups -OCH3 is 1. The third-order valence-electron chi connectivity index (χ3n) is 1.80. The van der Waals surface area contributed by atoms with Crippen LogP contribution in [0.25, 0.3) is 0 Å². The molecule has 0 saturated carbocycles. The Kier molecular flexibility index (Phi) is 5.62. The highest BCUT2D eigenvalue weighted by Gasteiger charge is 2.08. The van der Waals surface area contributed by atoms with E-state index in [4.69, 9.17) is 22.1 Å². The van der Waals surface area contributed by atoms with Gasteiger partial charge in [-0.25, -0.2) is 0 Å². The van der Waals surface area contributed by atoms with E-state index in [-0.39, 0.29) is 18.4 Å². The molecular formula is C10H13Cl2NO. The van der Waals surface area contributed by atoms with Gasteiger partial charge < -0.3 is 10.5 Å². The second-order valence-electron chi connectivity index (χ2n) is 2.65. The van der Waals surface area contributed by atoms with Crippen LogP contribution in [0.4, 0.5) is 0 Å². The molecule has 0 bridgehead atoms. The van der Waals surface area contributed by atoms with Crippen LogP contribution in [-0.4, -0.2) is 7.11 Å². The summed E-state index contributed by atoms with van der Waals surface area (Å²) in [4.78, 5) is 0. The highest BCUT2D eigenvalue weighted by atomic mass is 35.5. The number of nitrogens with two attached hydrogens (primary N) is 1. The van der Waals surface area contributed by atoms with Crippen molar-refractivity contribution >= 4 is 24.0 Å².